The first-order valence-electron chi connectivity index (χ1n) is 7.79. The van der Waals surface area contributed by atoms with E-state index in [2.05, 4.69) is 53.4 Å². The maximum Gasteiger partial charge on any atom is 0.193 e. The molecular formula is C19H23NO2. The normalized spacial score (nSPS) is 25.2. The highest BCUT2D eigenvalue weighted by atomic mass is 16.6. The third-order valence-corrected chi connectivity index (χ3v) is 4.54. The monoisotopic (exact) mass is 297 g/mol. The van der Waals surface area contributed by atoms with E-state index < -0.39 is 5.72 Å². The largest absolute Gasteiger partial charge is 0.376 e. The Balaban J connectivity index is 2.14. The van der Waals surface area contributed by atoms with Crippen LogP contribution in [0.5, 0.6) is 0 Å². The fourth-order valence-electron chi connectivity index (χ4n) is 3.55. The van der Waals surface area contributed by atoms with Gasteiger partial charge in [-0.25, -0.2) is 0 Å². The summed E-state index contributed by atoms with van der Waals surface area (Å²) in [6.07, 6.45) is 2.07. The lowest BCUT2D eigenvalue weighted by Gasteiger charge is -2.51. The summed E-state index contributed by atoms with van der Waals surface area (Å²) in [5.74, 6) is 0. The van der Waals surface area contributed by atoms with Gasteiger partial charge >= 0.3 is 0 Å². The SMILES string of the molecule is COC1CCCN(c2ccccc2)C1(OC)c1ccccc1. The Labute approximate surface area is 132 Å². The minimum atomic E-state index is -0.588. The van der Waals surface area contributed by atoms with E-state index in [-0.39, 0.29) is 6.10 Å². The van der Waals surface area contributed by atoms with Crippen LogP contribution >= 0.6 is 0 Å². The Kier molecular flexibility index (Phi) is 4.46. The Morgan fingerprint density at radius 1 is 0.955 bits per heavy atom. The van der Waals surface area contributed by atoms with Gasteiger partial charge in [-0.1, -0.05) is 48.5 Å². The van der Waals surface area contributed by atoms with Crippen molar-refractivity contribution >= 4 is 5.69 Å². The zero-order valence-corrected chi connectivity index (χ0v) is 13.2. The van der Waals surface area contributed by atoms with Crippen LogP contribution in [0.25, 0.3) is 0 Å². The van der Waals surface area contributed by atoms with E-state index in [1.165, 1.54) is 0 Å². The molecule has 116 valence electrons. The molecule has 3 nitrogen and oxygen atoms in total. The van der Waals surface area contributed by atoms with Gasteiger partial charge in [0, 0.05) is 32.0 Å². The number of piperidine rings is 1. The molecule has 2 aromatic carbocycles. The number of nitrogens with zero attached hydrogens (tertiary/aromatic N) is 1. The van der Waals surface area contributed by atoms with Crippen molar-refractivity contribution in [1.82, 2.24) is 0 Å². The molecule has 0 radical (unpaired) electrons. The highest BCUT2D eigenvalue weighted by Gasteiger charge is 2.48. The molecule has 1 aliphatic heterocycles. The van der Waals surface area contributed by atoms with Crippen LogP contribution in [0.3, 0.4) is 0 Å². The number of benzene rings is 2. The minimum absolute atomic E-state index is 0.00569. The van der Waals surface area contributed by atoms with E-state index in [0.717, 1.165) is 30.6 Å². The highest BCUT2D eigenvalue weighted by molar-refractivity contribution is 5.51. The molecule has 0 amide bonds. The molecule has 1 aliphatic rings. The van der Waals surface area contributed by atoms with Gasteiger partial charge in [-0.05, 0) is 25.0 Å². The second-order valence-corrected chi connectivity index (χ2v) is 5.62. The van der Waals surface area contributed by atoms with E-state index in [1.807, 2.05) is 12.1 Å². The van der Waals surface area contributed by atoms with Crippen LogP contribution in [0.2, 0.25) is 0 Å². The number of anilines is 1. The predicted octanol–water partition coefficient (Wildman–Crippen LogP) is 3.80. The fraction of sp³-hybridized carbons (Fsp3) is 0.368. The van der Waals surface area contributed by atoms with Crippen molar-refractivity contribution < 1.29 is 9.47 Å². The molecule has 0 spiro atoms. The average Bonchev–Trinajstić information content (AvgIpc) is 2.62. The van der Waals surface area contributed by atoms with Crippen molar-refractivity contribution in [2.75, 3.05) is 25.7 Å². The third-order valence-electron chi connectivity index (χ3n) is 4.54. The second kappa shape index (κ2) is 6.51. The van der Waals surface area contributed by atoms with Crippen molar-refractivity contribution in [2.24, 2.45) is 0 Å². The Hall–Kier alpha value is -1.84. The van der Waals surface area contributed by atoms with Gasteiger partial charge in [0.1, 0.15) is 6.10 Å². The van der Waals surface area contributed by atoms with Gasteiger partial charge in [-0.15, -0.1) is 0 Å². The number of para-hydroxylation sites is 1. The summed E-state index contributed by atoms with van der Waals surface area (Å²) >= 11 is 0. The molecule has 0 N–H and O–H groups in total. The second-order valence-electron chi connectivity index (χ2n) is 5.62. The molecule has 3 rings (SSSR count). The van der Waals surface area contributed by atoms with Crippen LogP contribution < -0.4 is 4.90 Å². The standard InChI is InChI=1S/C19H23NO2/c1-21-18-14-9-15-20(17-12-7-4-8-13-17)19(18,22-2)16-10-5-3-6-11-16/h3-8,10-13,18H,9,14-15H2,1-2H3. The molecule has 1 saturated heterocycles. The Bertz CT molecular complexity index is 587. The van der Waals surface area contributed by atoms with Gasteiger partial charge in [0.15, 0.2) is 5.72 Å². The maximum atomic E-state index is 6.14. The Morgan fingerprint density at radius 2 is 1.59 bits per heavy atom. The fourth-order valence-corrected chi connectivity index (χ4v) is 3.55. The molecule has 0 aliphatic carbocycles. The van der Waals surface area contributed by atoms with E-state index in [9.17, 15) is 0 Å². The van der Waals surface area contributed by atoms with Crippen molar-refractivity contribution in [1.29, 1.82) is 0 Å². The first-order chi connectivity index (χ1) is 10.8. The van der Waals surface area contributed by atoms with E-state index in [4.69, 9.17) is 9.47 Å². The summed E-state index contributed by atoms with van der Waals surface area (Å²) in [5, 5.41) is 0. The van der Waals surface area contributed by atoms with Crippen LogP contribution in [-0.2, 0) is 15.2 Å². The van der Waals surface area contributed by atoms with E-state index in [1.54, 1.807) is 14.2 Å². The van der Waals surface area contributed by atoms with Crippen LogP contribution in [0, 0.1) is 0 Å². The topological polar surface area (TPSA) is 21.7 Å². The molecule has 0 aromatic heterocycles. The summed E-state index contributed by atoms with van der Waals surface area (Å²) in [6, 6.07) is 20.8. The smallest absolute Gasteiger partial charge is 0.193 e. The van der Waals surface area contributed by atoms with Gasteiger partial charge in [-0.2, -0.15) is 0 Å². The van der Waals surface area contributed by atoms with Crippen LogP contribution in [0.1, 0.15) is 18.4 Å². The molecule has 2 aromatic rings. The molecule has 1 fully saturated rings. The summed E-state index contributed by atoms with van der Waals surface area (Å²) in [6.45, 7) is 0.951. The number of methoxy groups -OCH3 is 2. The molecular weight excluding hydrogens is 274 g/mol. The zero-order chi connectivity index (χ0) is 15.4. The van der Waals surface area contributed by atoms with Crippen molar-refractivity contribution in [3.8, 4) is 0 Å². The van der Waals surface area contributed by atoms with Gasteiger partial charge < -0.3 is 14.4 Å². The highest BCUT2D eigenvalue weighted by Crippen LogP contribution is 2.42. The van der Waals surface area contributed by atoms with E-state index >= 15 is 0 Å². The summed E-state index contributed by atoms with van der Waals surface area (Å²) in [4.78, 5) is 2.33. The average molecular weight is 297 g/mol. The maximum absolute atomic E-state index is 6.14. The van der Waals surface area contributed by atoms with Gasteiger partial charge in [0.25, 0.3) is 0 Å². The van der Waals surface area contributed by atoms with Crippen LogP contribution in [-0.4, -0.2) is 26.9 Å². The molecule has 3 heteroatoms. The minimum Gasteiger partial charge on any atom is -0.376 e. The lowest BCUT2D eigenvalue weighted by Crippen LogP contribution is -2.59. The summed E-state index contributed by atoms with van der Waals surface area (Å²) in [5.41, 5.74) is 1.71. The predicted molar refractivity (Wildman–Crippen MR) is 88.9 cm³/mol. The Morgan fingerprint density at radius 3 is 2.18 bits per heavy atom. The van der Waals surface area contributed by atoms with E-state index in [0.29, 0.717) is 0 Å². The van der Waals surface area contributed by atoms with Crippen LogP contribution in [0.4, 0.5) is 5.69 Å². The zero-order valence-electron chi connectivity index (χ0n) is 13.2. The molecule has 22 heavy (non-hydrogen) atoms. The van der Waals surface area contributed by atoms with Crippen LogP contribution in [0.15, 0.2) is 60.7 Å². The summed E-state index contributed by atoms with van der Waals surface area (Å²) in [7, 11) is 3.55. The molecule has 1 heterocycles. The van der Waals surface area contributed by atoms with Gasteiger partial charge in [0.2, 0.25) is 0 Å². The summed E-state index contributed by atoms with van der Waals surface area (Å²) < 4.78 is 12.0. The lowest BCUT2D eigenvalue weighted by molar-refractivity contribution is -0.138. The third kappa shape index (κ3) is 2.40. The first-order valence-corrected chi connectivity index (χ1v) is 7.79. The first kappa shape index (κ1) is 15.1. The number of rotatable bonds is 4. The molecule has 2 atom stereocenters. The molecule has 0 bridgehead atoms. The van der Waals surface area contributed by atoms with Crippen molar-refractivity contribution in [2.45, 2.75) is 24.7 Å². The number of ether oxygens (including phenoxy) is 2. The van der Waals surface area contributed by atoms with Gasteiger partial charge in [-0.3, -0.25) is 0 Å². The van der Waals surface area contributed by atoms with Crippen molar-refractivity contribution in [3.05, 3.63) is 66.2 Å². The lowest BCUT2D eigenvalue weighted by atomic mass is 9.87. The number of hydrogen-bond acceptors (Lipinski definition) is 3. The molecule has 0 saturated carbocycles. The quantitative estimate of drug-likeness (QED) is 0.857. The van der Waals surface area contributed by atoms with Crippen molar-refractivity contribution in [3.63, 3.8) is 0 Å². The van der Waals surface area contributed by atoms with Gasteiger partial charge in [0.05, 0.1) is 0 Å². The number of hydrogen-bond donors (Lipinski definition) is 0. The molecule has 2 unspecified atom stereocenters.